The number of nitrogens with one attached hydrogen (secondary N) is 2. The number of amidine groups is 1. The number of non-ortho nitro benzene ring substituents is 1. The van der Waals surface area contributed by atoms with Crippen molar-refractivity contribution >= 4 is 29.3 Å². The number of aromatic nitrogens is 2. The van der Waals surface area contributed by atoms with Crippen LogP contribution in [-0.4, -0.2) is 62.4 Å². The largest absolute Gasteiger partial charge is 0.465 e. The minimum atomic E-state index is -0.966. The van der Waals surface area contributed by atoms with Crippen molar-refractivity contribution in [1.29, 1.82) is 5.41 Å². The molecule has 0 unspecified atom stereocenters. The van der Waals surface area contributed by atoms with Gasteiger partial charge in [-0.1, -0.05) is 18.2 Å². The van der Waals surface area contributed by atoms with E-state index < -0.39 is 22.8 Å². The summed E-state index contributed by atoms with van der Waals surface area (Å²) in [5.74, 6) is -1.32. The molecule has 0 bridgehead atoms. The molecule has 0 saturated carbocycles. The molecule has 2 amide bonds. The van der Waals surface area contributed by atoms with Gasteiger partial charge in [-0.05, 0) is 37.1 Å². The molecule has 0 aliphatic carbocycles. The molecule has 214 valence electrons. The van der Waals surface area contributed by atoms with Gasteiger partial charge in [0.05, 0.1) is 17.2 Å². The number of nitro benzene ring substituents is 1. The summed E-state index contributed by atoms with van der Waals surface area (Å²) in [6, 6.07) is 9.62. The van der Waals surface area contributed by atoms with Gasteiger partial charge in [0.2, 0.25) is 5.91 Å². The van der Waals surface area contributed by atoms with Crippen molar-refractivity contribution in [2.24, 2.45) is 5.73 Å². The number of nitrogens with zero attached hydrogens (tertiary/aromatic N) is 4. The van der Waals surface area contributed by atoms with Crippen LogP contribution < -0.4 is 11.1 Å². The van der Waals surface area contributed by atoms with Gasteiger partial charge in [-0.15, -0.1) is 0 Å². The van der Waals surface area contributed by atoms with Gasteiger partial charge in [-0.25, -0.2) is 0 Å². The first-order valence-electron chi connectivity index (χ1n) is 13.0. The summed E-state index contributed by atoms with van der Waals surface area (Å²) in [6.07, 6.45) is 2.30. The standard InChI is InChI=1S/C28H31N7O6/c1-3-41-25(36)16-34-15-20-14-33(11-10-23(20)32-34)28(38)24(13-18-4-7-21(8-5-18)35(39)40)31-27(37)22-9-6-19(26(29)30)12-17(22)2/h4-9,12,15,24H,3,10-11,13-14,16H2,1-2H3,(H3,29,30)(H,31,37)/t24-/m0/s1. The Balaban J connectivity index is 1.55. The number of hydrogen-bond donors (Lipinski definition) is 3. The summed E-state index contributed by atoms with van der Waals surface area (Å²) >= 11 is 0. The molecule has 0 spiro atoms. The number of ether oxygens (including phenoxy) is 1. The zero-order chi connectivity index (χ0) is 29.7. The van der Waals surface area contributed by atoms with Crippen molar-refractivity contribution in [3.63, 3.8) is 0 Å². The summed E-state index contributed by atoms with van der Waals surface area (Å²) in [6.45, 7) is 4.29. The van der Waals surface area contributed by atoms with Crippen LogP contribution in [0.25, 0.3) is 0 Å². The summed E-state index contributed by atoms with van der Waals surface area (Å²) in [5, 5.41) is 26.0. The number of nitrogens with two attached hydrogens (primary N) is 1. The smallest absolute Gasteiger partial charge is 0.327 e. The highest BCUT2D eigenvalue weighted by Crippen LogP contribution is 2.21. The molecule has 1 aliphatic heterocycles. The SMILES string of the molecule is CCOC(=O)Cn1cc2c(n1)CCN(C(=O)[C@H](Cc1ccc([N+](=O)[O-])cc1)NC(=O)c1ccc(C(=N)N)cc1C)C2. The second-order valence-corrected chi connectivity index (χ2v) is 9.71. The Labute approximate surface area is 235 Å². The van der Waals surface area contributed by atoms with Gasteiger partial charge in [-0.3, -0.25) is 34.6 Å². The van der Waals surface area contributed by atoms with Crippen LogP contribution in [0.4, 0.5) is 5.69 Å². The molecule has 4 N–H and O–H groups in total. The molecule has 13 heteroatoms. The minimum absolute atomic E-state index is 0.0324. The second kappa shape index (κ2) is 12.4. The maximum Gasteiger partial charge on any atom is 0.327 e. The quantitative estimate of drug-likeness (QED) is 0.110. The number of nitrogen functional groups attached to an aromatic ring is 1. The molecule has 0 fully saturated rings. The fraction of sp³-hybridized carbons (Fsp3) is 0.321. The third-order valence-corrected chi connectivity index (χ3v) is 6.78. The van der Waals surface area contributed by atoms with Crippen LogP contribution in [0.3, 0.4) is 0 Å². The van der Waals surface area contributed by atoms with E-state index in [1.807, 2.05) is 0 Å². The molecule has 0 radical (unpaired) electrons. The van der Waals surface area contributed by atoms with Gasteiger partial charge in [0.1, 0.15) is 18.4 Å². The van der Waals surface area contributed by atoms with Gasteiger partial charge in [0, 0.05) is 61.0 Å². The number of carbonyl (C=O) groups excluding carboxylic acids is 3. The van der Waals surface area contributed by atoms with Gasteiger partial charge < -0.3 is 20.7 Å². The number of nitro groups is 1. The third-order valence-electron chi connectivity index (χ3n) is 6.78. The maximum atomic E-state index is 13.8. The highest BCUT2D eigenvalue weighted by molar-refractivity contribution is 6.01. The van der Waals surface area contributed by atoms with E-state index >= 15 is 0 Å². The van der Waals surface area contributed by atoms with Crippen LogP contribution in [0, 0.1) is 22.4 Å². The van der Waals surface area contributed by atoms with E-state index in [4.69, 9.17) is 15.9 Å². The van der Waals surface area contributed by atoms with Crippen LogP contribution in [0.1, 0.15) is 45.2 Å². The fourth-order valence-electron chi connectivity index (χ4n) is 4.71. The van der Waals surface area contributed by atoms with Gasteiger partial charge in [0.25, 0.3) is 11.6 Å². The predicted molar refractivity (Wildman–Crippen MR) is 148 cm³/mol. The number of rotatable bonds is 10. The van der Waals surface area contributed by atoms with Crippen molar-refractivity contribution in [2.75, 3.05) is 13.2 Å². The number of hydrogen-bond acceptors (Lipinski definition) is 8. The molecular weight excluding hydrogens is 530 g/mol. The normalized spacial score (nSPS) is 13.2. The topological polar surface area (TPSA) is 187 Å². The Morgan fingerprint density at radius 2 is 1.95 bits per heavy atom. The lowest BCUT2D eigenvalue weighted by molar-refractivity contribution is -0.384. The maximum absolute atomic E-state index is 13.8. The predicted octanol–water partition coefficient (Wildman–Crippen LogP) is 1.87. The molecule has 1 atom stereocenters. The average Bonchev–Trinajstić information content (AvgIpc) is 3.33. The van der Waals surface area contributed by atoms with Crippen molar-refractivity contribution < 1.29 is 24.0 Å². The zero-order valence-electron chi connectivity index (χ0n) is 22.8. The Morgan fingerprint density at radius 1 is 1.22 bits per heavy atom. The molecular formula is C28H31N7O6. The molecule has 1 aliphatic rings. The van der Waals surface area contributed by atoms with Crippen LogP contribution in [0.15, 0.2) is 48.7 Å². The van der Waals surface area contributed by atoms with E-state index in [-0.39, 0.29) is 43.5 Å². The first kappa shape index (κ1) is 28.9. The monoisotopic (exact) mass is 561 g/mol. The molecule has 2 heterocycles. The zero-order valence-corrected chi connectivity index (χ0v) is 22.8. The lowest BCUT2D eigenvalue weighted by Crippen LogP contribution is -2.51. The highest BCUT2D eigenvalue weighted by atomic mass is 16.6. The number of aryl methyl sites for hydroxylation is 1. The first-order valence-corrected chi connectivity index (χ1v) is 13.0. The summed E-state index contributed by atoms with van der Waals surface area (Å²) < 4.78 is 6.49. The molecule has 13 nitrogen and oxygen atoms in total. The number of fused-ring (bicyclic) bond motifs is 1. The van der Waals surface area contributed by atoms with E-state index in [1.54, 1.807) is 55.3 Å². The Bertz CT molecular complexity index is 1500. The van der Waals surface area contributed by atoms with E-state index in [9.17, 15) is 24.5 Å². The van der Waals surface area contributed by atoms with Crippen LogP contribution in [-0.2, 0) is 40.3 Å². The minimum Gasteiger partial charge on any atom is -0.465 e. The van der Waals surface area contributed by atoms with E-state index in [2.05, 4.69) is 10.4 Å². The van der Waals surface area contributed by atoms with Crippen LogP contribution in [0.5, 0.6) is 0 Å². The number of amides is 2. The Hall–Kier alpha value is -5.07. The van der Waals surface area contributed by atoms with Gasteiger partial charge in [-0.2, -0.15) is 5.10 Å². The molecule has 1 aromatic heterocycles. The van der Waals surface area contributed by atoms with E-state index in [1.165, 1.54) is 16.8 Å². The van der Waals surface area contributed by atoms with Crippen molar-refractivity contribution in [1.82, 2.24) is 20.0 Å². The summed E-state index contributed by atoms with van der Waals surface area (Å²) in [7, 11) is 0. The number of esters is 1. The lowest BCUT2D eigenvalue weighted by Gasteiger charge is -2.30. The lowest BCUT2D eigenvalue weighted by atomic mass is 10.0. The molecule has 0 saturated heterocycles. The number of benzene rings is 2. The van der Waals surface area contributed by atoms with Crippen molar-refractivity contribution in [3.8, 4) is 0 Å². The Kier molecular flexibility index (Phi) is 8.75. The second-order valence-electron chi connectivity index (χ2n) is 9.71. The van der Waals surface area contributed by atoms with Crippen molar-refractivity contribution in [2.45, 2.75) is 45.8 Å². The van der Waals surface area contributed by atoms with E-state index in [0.717, 1.165) is 11.3 Å². The molecule has 41 heavy (non-hydrogen) atoms. The van der Waals surface area contributed by atoms with Gasteiger partial charge in [0.15, 0.2) is 0 Å². The van der Waals surface area contributed by atoms with E-state index in [0.29, 0.717) is 35.2 Å². The summed E-state index contributed by atoms with van der Waals surface area (Å²) in [4.78, 5) is 51.2. The van der Waals surface area contributed by atoms with Crippen LogP contribution >= 0.6 is 0 Å². The van der Waals surface area contributed by atoms with Crippen LogP contribution in [0.2, 0.25) is 0 Å². The first-order chi connectivity index (χ1) is 19.5. The number of carbonyl (C=O) groups is 3. The highest BCUT2D eigenvalue weighted by Gasteiger charge is 2.31. The summed E-state index contributed by atoms with van der Waals surface area (Å²) in [5.41, 5.74) is 9.10. The average molecular weight is 562 g/mol. The van der Waals surface area contributed by atoms with Gasteiger partial charge >= 0.3 is 5.97 Å². The Morgan fingerprint density at radius 3 is 2.59 bits per heavy atom. The fourth-order valence-corrected chi connectivity index (χ4v) is 4.71. The molecule has 4 rings (SSSR count). The molecule has 2 aromatic carbocycles. The molecule has 3 aromatic rings. The third kappa shape index (κ3) is 6.93. The van der Waals surface area contributed by atoms with Crippen molar-refractivity contribution in [3.05, 3.63) is 92.3 Å².